The number of rotatable bonds is 2. The molecule has 0 fully saturated rings. The van der Waals surface area contributed by atoms with Crippen LogP contribution in [0.4, 0.5) is 5.82 Å². The van der Waals surface area contributed by atoms with E-state index in [1.54, 1.807) is 28.7 Å². The lowest BCUT2D eigenvalue weighted by molar-refractivity contribution is 0.0995. The molecule has 140 valence electrons. The summed E-state index contributed by atoms with van der Waals surface area (Å²) >= 11 is 0. The zero-order chi connectivity index (χ0) is 20.0. The molecule has 0 bridgehead atoms. The van der Waals surface area contributed by atoms with Crippen LogP contribution in [0.25, 0.3) is 27.3 Å². The Hall–Kier alpha value is -4.06. The second-order valence-electron chi connectivity index (χ2n) is 6.86. The summed E-state index contributed by atoms with van der Waals surface area (Å²) in [7, 11) is 0. The maximum atomic E-state index is 12.4. The third-order valence-electron chi connectivity index (χ3n) is 4.93. The van der Waals surface area contributed by atoms with Crippen molar-refractivity contribution in [2.45, 2.75) is 6.92 Å². The predicted octanol–water partition coefficient (Wildman–Crippen LogP) is 5.58. The normalized spacial score (nSPS) is 11.8. The Morgan fingerprint density at radius 1 is 0.931 bits per heavy atom. The van der Waals surface area contributed by atoms with Gasteiger partial charge in [-0.2, -0.15) is 0 Å². The van der Waals surface area contributed by atoms with Gasteiger partial charge in [0.05, 0.1) is 5.52 Å². The smallest absolute Gasteiger partial charge is 0.295 e. The molecule has 0 unspecified atom stereocenters. The van der Waals surface area contributed by atoms with Crippen LogP contribution in [0.3, 0.4) is 0 Å². The van der Waals surface area contributed by atoms with Crippen LogP contribution in [-0.2, 0) is 0 Å². The first-order valence-corrected chi connectivity index (χ1v) is 9.17. The van der Waals surface area contributed by atoms with Crippen molar-refractivity contribution in [2.24, 2.45) is 10.2 Å². The van der Waals surface area contributed by atoms with Crippen LogP contribution < -0.4 is 0 Å². The molecule has 2 aromatic heterocycles. The summed E-state index contributed by atoms with van der Waals surface area (Å²) < 4.78 is 1.71. The monoisotopic (exact) mass is 380 g/mol. The second-order valence-corrected chi connectivity index (χ2v) is 6.86. The number of azo groups is 1. The highest BCUT2D eigenvalue weighted by atomic mass is 16.3. The number of carbonyl (C=O) groups is 1. The van der Waals surface area contributed by atoms with Gasteiger partial charge in [-0.25, -0.2) is 4.98 Å². The second kappa shape index (κ2) is 6.53. The van der Waals surface area contributed by atoms with Gasteiger partial charge in [-0.15, -0.1) is 10.2 Å². The van der Waals surface area contributed by atoms with Crippen molar-refractivity contribution in [1.82, 2.24) is 9.38 Å². The van der Waals surface area contributed by atoms with Crippen molar-refractivity contribution in [3.63, 3.8) is 0 Å². The fourth-order valence-corrected chi connectivity index (χ4v) is 3.54. The fraction of sp³-hybridized carbons (Fsp3) is 0.0435. The highest BCUT2D eigenvalue weighted by Gasteiger charge is 2.17. The van der Waals surface area contributed by atoms with Gasteiger partial charge in [0, 0.05) is 21.7 Å². The quantitative estimate of drug-likeness (QED) is 0.406. The first-order valence-electron chi connectivity index (χ1n) is 9.17. The predicted molar refractivity (Wildman–Crippen MR) is 112 cm³/mol. The summed E-state index contributed by atoms with van der Waals surface area (Å²) in [5.41, 5.74) is 2.79. The number of aryl methyl sites for hydroxylation is 1. The Morgan fingerprint density at radius 3 is 2.45 bits per heavy atom. The maximum absolute atomic E-state index is 12.4. The van der Waals surface area contributed by atoms with Crippen LogP contribution in [0, 0.1) is 6.92 Å². The number of hydrogen-bond acceptors (Lipinski definition) is 4. The van der Waals surface area contributed by atoms with Crippen LogP contribution in [0.5, 0.6) is 5.88 Å². The molecule has 0 aliphatic heterocycles. The van der Waals surface area contributed by atoms with Crippen molar-refractivity contribution in [3.05, 3.63) is 83.9 Å². The van der Waals surface area contributed by atoms with Crippen LogP contribution in [0.15, 0.2) is 83.0 Å². The van der Waals surface area contributed by atoms with E-state index in [2.05, 4.69) is 15.2 Å². The van der Waals surface area contributed by atoms with E-state index in [1.807, 2.05) is 55.5 Å². The summed E-state index contributed by atoms with van der Waals surface area (Å²) in [4.78, 5) is 17.0. The molecule has 5 rings (SSSR count). The van der Waals surface area contributed by atoms with Gasteiger partial charge in [0.2, 0.25) is 5.88 Å². The van der Waals surface area contributed by atoms with Crippen molar-refractivity contribution in [3.8, 4) is 5.88 Å². The number of aromatic hydroxyl groups is 1. The number of nitrogens with zero attached hydrogens (tertiary/aromatic N) is 4. The minimum Gasteiger partial charge on any atom is -0.494 e. The Balaban J connectivity index is 1.78. The summed E-state index contributed by atoms with van der Waals surface area (Å²) in [5, 5.41) is 21.1. The molecule has 1 N–H and O–H groups in total. The van der Waals surface area contributed by atoms with E-state index in [9.17, 15) is 9.90 Å². The Morgan fingerprint density at radius 2 is 1.66 bits per heavy atom. The number of amides is 1. The van der Waals surface area contributed by atoms with Crippen molar-refractivity contribution >= 4 is 39.0 Å². The number of benzene rings is 3. The van der Waals surface area contributed by atoms with Crippen molar-refractivity contribution in [1.29, 1.82) is 0 Å². The molecular formula is C23H16N4O2. The summed E-state index contributed by atoms with van der Waals surface area (Å²) in [6.45, 7) is 1.96. The van der Waals surface area contributed by atoms with Crippen molar-refractivity contribution < 1.29 is 9.90 Å². The average Bonchev–Trinajstić information content (AvgIpc) is 3.04. The van der Waals surface area contributed by atoms with Gasteiger partial charge in [-0.1, -0.05) is 48.0 Å². The third-order valence-corrected chi connectivity index (χ3v) is 4.93. The minimum atomic E-state index is -0.434. The number of carbonyl (C=O) groups excluding carboxylic acids is 1. The van der Waals surface area contributed by atoms with Crippen LogP contribution >= 0.6 is 0 Å². The van der Waals surface area contributed by atoms with Gasteiger partial charge >= 0.3 is 0 Å². The Kier molecular flexibility index (Phi) is 3.84. The summed E-state index contributed by atoms with van der Waals surface area (Å²) in [6, 6.07) is 22.1. The SMILES string of the molecule is Cc1ccc2c(c1)c(N=NC(=O)c1ccccc1)nc1c3ccccc3c(O)n21. The first-order chi connectivity index (χ1) is 14.1. The molecule has 2 heterocycles. The molecule has 0 aliphatic rings. The lowest BCUT2D eigenvalue weighted by Gasteiger charge is -2.07. The lowest BCUT2D eigenvalue weighted by atomic mass is 10.1. The van der Waals surface area contributed by atoms with Crippen LogP contribution in [0.1, 0.15) is 15.9 Å². The van der Waals surface area contributed by atoms with E-state index in [1.165, 1.54) is 0 Å². The van der Waals surface area contributed by atoms with E-state index in [4.69, 9.17) is 0 Å². The molecule has 0 saturated carbocycles. The Labute approximate surface area is 165 Å². The van der Waals surface area contributed by atoms with Gasteiger partial charge in [-0.05, 0) is 37.3 Å². The highest BCUT2D eigenvalue weighted by Crippen LogP contribution is 2.36. The van der Waals surface area contributed by atoms with Gasteiger partial charge in [0.25, 0.3) is 5.91 Å². The molecule has 6 nitrogen and oxygen atoms in total. The third kappa shape index (κ3) is 2.73. The van der Waals surface area contributed by atoms with E-state index in [0.29, 0.717) is 27.8 Å². The standard InChI is InChI=1S/C23H16N4O2/c1-14-11-12-19-18(13-14)20(25-26-22(28)15-7-3-2-4-8-15)24-21-16-9-5-6-10-17(16)23(29)27(19)21/h2-13,29H,1H3. The van der Waals surface area contributed by atoms with Gasteiger partial charge in [0.15, 0.2) is 11.5 Å². The minimum absolute atomic E-state index is 0.126. The largest absolute Gasteiger partial charge is 0.494 e. The maximum Gasteiger partial charge on any atom is 0.295 e. The van der Waals surface area contributed by atoms with Gasteiger partial charge < -0.3 is 5.11 Å². The van der Waals surface area contributed by atoms with E-state index < -0.39 is 5.91 Å². The fourth-order valence-electron chi connectivity index (χ4n) is 3.54. The Bertz CT molecular complexity index is 1440. The van der Waals surface area contributed by atoms with E-state index >= 15 is 0 Å². The molecular weight excluding hydrogens is 364 g/mol. The molecule has 29 heavy (non-hydrogen) atoms. The van der Waals surface area contributed by atoms with Crippen LogP contribution in [0.2, 0.25) is 0 Å². The number of aromatic nitrogens is 2. The summed E-state index contributed by atoms with van der Waals surface area (Å²) in [5.74, 6) is 0.0284. The molecule has 1 amide bonds. The molecule has 0 saturated heterocycles. The summed E-state index contributed by atoms with van der Waals surface area (Å²) in [6.07, 6.45) is 0. The zero-order valence-electron chi connectivity index (χ0n) is 15.6. The lowest BCUT2D eigenvalue weighted by Crippen LogP contribution is -1.94. The molecule has 6 heteroatoms. The van der Waals surface area contributed by atoms with E-state index in [-0.39, 0.29) is 5.88 Å². The molecule has 0 radical (unpaired) electrons. The first kappa shape index (κ1) is 17.1. The number of fused-ring (bicyclic) bond motifs is 5. The molecule has 0 aliphatic carbocycles. The highest BCUT2D eigenvalue weighted by molar-refractivity contribution is 6.04. The van der Waals surface area contributed by atoms with Gasteiger partial charge in [-0.3, -0.25) is 9.20 Å². The van der Waals surface area contributed by atoms with Crippen molar-refractivity contribution in [2.75, 3.05) is 0 Å². The molecule has 5 aromatic rings. The molecule has 3 aromatic carbocycles. The zero-order valence-corrected chi connectivity index (χ0v) is 15.6. The number of hydrogen-bond donors (Lipinski definition) is 1. The topological polar surface area (TPSA) is 79.3 Å². The molecule has 0 atom stereocenters. The average molecular weight is 380 g/mol. The molecule has 0 spiro atoms. The van der Waals surface area contributed by atoms with Crippen LogP contribution in [-0.4, -0.2) is 20.4 Å². The van der Waals surface area contributed by atoms with E-state index in [0.717, 1.165) is 16.5 Å². The van der Waals surface area contributed by atoms with Gasteiger partial charge in [0.1, 0.15) is 0 Å².